The van der Waals surface area contributed by atoms with Crippen molar-refractivity contribution in [1.29, 1.82) is 0 Å². The minimum atomic E-state index is -0.537. The Kier molecular flexibility index (Phi) is 4.59. The predicted molar refractivity (Wildman–Crippen MR) is 104 cm³/mol. The van der Waals surface area contributed by atoms with E-state index in [1.165, 1.54) is 29.8 Å². The molecule has 0 aliphatic carbocycles. The molecule has 0 radical (unpaired) electrons. The molecule has 0 saturated heterocycles. The Morgan fingerprint density at radius 2 is 2.19 bits per heavy atom. The SMILES string of the molecule is COC(=O)C1=C(C)N=c2s/c(=C/c3cccnc3)c(=O)n2[C@H]1c1cccs1. The molecule has 0 N–H and O–H groups in total. The van der Waals surface area contributed by atoms with Crippen LogP contribution in [0, 0.1) is 0 Å². The van der Waals surface area contributed by atoms with Crippen LogP contribution in [0.1, 0.15) is 23.4 Å². The fourth-order valence-electron chi connectivity index (χ4n) is 3.02. The van der Waals surface area contributed by atoms with Crippen molar-refractivity contribution >= 4 is 34.7 Å². The molecule has 3 aromatic heterocycles. The van der Waals surface area contributed by atoms with Gasteiger partial charge < -0.3 is 4.74 Å². The van der Waals surface area contributed by atoms with E-state index in [0.29, 0.717) is 20.6 Å². The number of thiazole rings is 1. The lowest BCUT2D eigenvalue weighted by molar-refractivity contribution is -0.136. The number of allylic oxidation sites excluding steroid dienone is 1. The summed E-state index contributed by atoms with van der Waals surface area (Å²) in [5.74, 6) is -0.476. The van der Waals surface area contributed by atoms with Crippen molar-refractivity contribution in [1.82, 2.24) is 9.55 Å². The fourth-order valence-corrected chi connectivity index (χ4v) is 4.89. The Bertz CT molecular complexity index is 1210. The average Bonchev–Trinajstić information content (AvgIpc) is 3.30. The molecule has 0 unspecified atom stereocenters. The maximum Gasteiger partial charge on any atom is 0.338 e. The van der Waals surface area contributed by atoms with Gasteiger partial charge in [-0.05, 0) is 36.1 Å². The van der Waals surface area contributed by atoms with Gasteiger partial charge in [0.05, 0.1) is 22.9 Å². The van der Waals surface area contributed by atoms with E-state index in [1.807, 2.05) is 29.6 Å². The summed E-state index contributed by atoms with van der Waals surface area (Å²) >= 11 is 2.79. The van der Waals surface area contributed by atoms with Crippen molar-refractivity contribution in [2.75, 3.05) is 7.11 Å². The summed E-state index contributed by atoms with van der Waals surface area (Å²) < 4.78 is 7.09. The van der Waals surface area contributed by atoms with Gasteiger partial charge in [0, 0.05) is 17.3 Å². The number of hydrogen-bond acceptors (Lipinski definition) is 7. The standard InChI is InChI=1S/C19H15N3O3S2/c1-11-15(18(24)25-2)16(13-6-4-8-26-13)22-17(23)14(27-19(22)21-11)9-12-5-3-7-20-10-12/h3-10,16H,1-2H3/b14-9+/t16-/m0/s1. The van der Waals surface area contributed by atoms with Crippen molar-refractivity contribution in [3.63, 3.8) is 0 Å². The van der Waals surface area contributed by atoms with Gasteiger partial charge in [-0.2, -0.15) is 0 Å². The molecule has 3 aromatic rings. The van der Waals surface area contributed by atoms with Crippen LogP contribution in [-0.4, -0.2) is 22.6 Å². The third kappa shape index (κ3) is 3.07. The number of thiophene rings is 1. The van der Waals surface area contributed by atoms with Gasteiger partial charge in [-0.1, -0.05) is 23.5 Å². The second kappa shape index (κ2) is 7.05. The van der Waals surface area contributed by atoms with E-state index in [2.05, 4.69) is 9.98 Å². The van der Waals surface area contributed by atoms with Crippen LogP contribution in [0.5, 0.6) is 0 Å². The monoisotopic (exact) mass is 397 g/mol. The van der Waals surface area contributed by atoms with Gasteiger partial charge in [-0.3, -0.25) is 14.3 Å². The first-order chi connectivity index (χ1) is 13.1. The van der Waals surface area contributed by atoms with E-state index in [0.717, 1.165) is 10.4 Å². The van der Waals surface area contributed by atoms with Gasteiger partial charge in [0.1, 0.15) is 6.04 Å². The first-order valence-corrected chi connectivity index (χ1v) is 9.84. The number of carbonyl (C=O) groups is 1. The van der Waals surface area contributed by atoms with Gasteiger partial charge in [-0.25, -0.2) is 9.79 Å². The van der Waals surface area contributed by atoms with Crippen LogP contribution in [0.2, 0.25) is 0 Å². The highest BCUT2D eigenvalue weighted by Gasteiger charge is 2.33. The number of carbonyl (C=O) groups excluding carboxylic acids is 1. The lowest BCUT2D eigenvalue weighted by Crippen LogP contribution is -2.39. The van der Waals surface area contributed by atoms with Crippen LogP contribution in [0.25, 0.3) is 6.08 Å². The Hall–Kier alpha value is -2.84. The maximum atomic E-state index is 13.2. The summed E-state index contributed by atoms with van der Waals surface area (Å²) in [6, 6.07) is 6.97. The molecular weight excluding hydrogens is 382 g/mol. The summed E-state index contributed by atoms with van der Waals surface area (Å²) in [5.41, 5.74) is 1.60. The minimum Gasteiger partial charge on any atom is -0.466 e. The van der Waals surface area contributed by atoms with Crippen LogP contribution < -0.4 is 14.9 Å². The number of ether oxygens (including phenoxy) is 1. The van der Waals surface area contributed by atoms with Gasteiger partial charge in [0.15, 0.2) is 4.80 Å². The first kappa shape index (κ1) is 17.6. The third-order valence-corrected chi connectivity index (χ3v) is 6.13. The van der Waals surface area contributed by atoms with Gasteiger partial charge in [-0.15, -0.1) is 11.3 Å². The lowest BCUT2D eigenvalue weighted by Gasteiger charge is -2.22. The van der Waals surface area contributed by atoms with Crippen molar-refractivity contribution in [3.05, 3.63) is 83.4 Å². The van der Waals surface area contributed by atoms with E-state index in [-0.39, 0.29) is 5.56 Å². The Balaban J connectivity index is 1.98. The predicted octanol–water partition coefficient (Wildman–Crippen LogP) is 1.86. The summed E-state index contributed by atoms with van der Waals surface area (Å²) in [6.07, 6.45) is 5.17. The quantitative estimate of drug-likeness (QED) is 0.633. The Labute approximate surface area is 162 Å². The van der Waals surface area contributed by atoms with Crippen LogP contribution >= 0.6 is 22.7 Å². The number of pyridine rings is 1. The Morgan fingerprint density at radius 1 is 1.33 bits per heavy atom. The molecule has 1 atom stereocenters. The van der Waals surface area contributed by atoms with Gasteiger partial charge in [0.25, 0.3) is 5.56 Å². The van der Waals surface area contributed by atoms with Crippen molar-refractivity contribution < 1.29 is 9.53 Å². The number of nitrogens with zero attached hydrogens (tertiary/aromatic N) is 3. The molecule has 0 aromatic carbocycles. The molecule has 4 rings (SSSR count). The number of aromatic nitrogens is 2. The number of methoxy groups -OCH3 is 1. The smallest absolute Gasteiger partial charge is 0.338 e. The number of esters is 1. The molecule has 0 spiro atoms. The van der Waals surface area contributed by atoms with E-state index in [4.69, 9.17) is 4.74 Å². The maximum absolute atomic E-state index is 13.2. The van der Waals surface area contributed by atoms with Crippen molar-refractivity contribution in [3.8, 4) is 0 Å². The Morgan fingerprint density at radius 3 is 2.85 bits per heavy atom. The van der Waals surface area contributed by atoms with Gasteiger partial charge >= 0.3 is 5.97 Å². The summed E-state index contributed by atoms with van der Waals surface area (Å²) in [7, 11) is 1.33. The van der Waals surface area contributed by atoms with E-state index in [1.54, 1.807) is 30.0 Å². The highest BCUT2D eigenvalue weighted by atomic mass is 32.1. The minimum absolute atomic E-state index is 0.185. The van der Waals surface area contributed by atoms with Crippen molar-refractivity contribution in [2.45, 2.75) is 13.0 Å². The molecule has 0 fully saturated rings. The highest BCUT2D eigenvalue weighted by molar-refractivity contribution is 7.10. The molecule has 6 nitrogen and oxygen atoms in total. The summed E-state index contributed by atoms with van der Waals surface area (Å²) in [6.45, 7) is 1.77. The first-order valence-electron chi connectivity index (χ1n) is 8.14. The lowest BCUT2D eigenvalue weighted by atomic mass is 10.0. The number of rotatable bonds is 3. The summed E-state index contributed by atoms with van der Waals surface area (Å²) in [4.78, 5) is 35.7. The van der Waals surface area contributed by atoms with Crippen LogP contribution in [0.15, 0.2) is 63.1 Å². The van der Waals surface area contributed by atoms with E-state index < -0.39 is 12.0 Å². The molecule has 0 saturated carbocycles. The third-order valence-electron chi connectivity index (χ3n) is 4.22. The topological polar surface area (TPSA) is 73.6 Å². The molecule has 1 aliphatic rings. The zero-order valence-corrected chi connectivity index (χ0v) is 16.2. The van der Waals surface area contributed by atoms with Gasteiger partial charge in [0.2, 0.25) is 0 Å². The second-order valence-corrected chi connectivity index (χ2v) is 7.86. The van der Waals surface area contributed by atoms with Crippen LogP contribution in [0.3, 0.4) is 0 Å². The molecule has 136 valence electrons. The van der Waals surface area contributed by atoms with Crippen molar-refractivity contribution in [2.24, 2.45) is 4.99 Å². The second-order valence-electron chi connectivity index (χ2n) is 5.88. The zero-order valence-electron chi connectivity index (χ0n) is 14.6. The highest BCUT2D eigenvalue weighted by Crippen LogP contribution is 2.32. The molecule has 27 heavy (non-hydrogen) atoms. The van der Waals surface area contributed by atoms with E-state index >= 15 is 0 Å². The number of fused-ring (bicyclic) bond motifs is 1. The molecule has 1 aliphatic heterocycles. The van der Waals surface area contributed by atoms with Crippen LogP contribution in [-0.2, 0) is 9.53 Å². The molecule has 0 amide bonds. The molecule has 8 heteroatoms. The largest absolute Gasteiger partial charge is 0.466 e. The fraction of sp³-hybridized carbons (Fsp3) is 0.158. The molecular formula is C19H15N3O3S2. The van der Waals surface area contributed by atoms with Crippen LogP contribution in [0.4, 0.5) is 0 Å². The molecule has 4 heterocycles. The zero-order chi connectivity index (χ0) is 19.0. The van der Waals surface area contributed by atoms with E-state index in [9.17, 15) is 9.59 Å². The summed E-state index contributed by atoms with van der Waals surface area (Å²) in [5, 5.41) is 1.92. The molecule has 0 bridgehead atoms. The normalized spacial score (nSPS) is 16.8. The average molecular weight is 397 g/mol. The number of hydrogen-bond donors (Lipinski definition) is 0.